The number of methoxy groups -OCH3 is 1. The summed E-state index contributed by atoms with van der Waals surface area (Å²) in [6.45, 7) is 2.08. The summed E-state index contributed by atoms with van der Waals surface area (Å²) in [5.74, 6) is 1.10. The van der Waals surface area contributed by atoms with Gasteiger partial charge < -0.3 is 24.4 Å². The number of piperazine rings is 1. The lowest BCUT2D eigenvalue weighted by Crippen LogP contribution is -2.63. The van der Waals surface area contributed by atoms with Crippen molar-refractivity contribution in [2.45, 2.75) is 62.9 Å². The molecule has 2 aromatic rings. The van der Waals surface area contributed by atoms with E-state index in [0.29, 0.717) is 37.4 Å². The third-order valence-electron chi connectivity index (χ3n) is 9.76. The fourth-order valence-corrected chi connectivity index (χ4v) is 8.23. The van der Waals surface area contributed by atoms with Crippen molar-refractivity contribution in [1.82, 2.24) is 14.8 Å². The van der Waals surface area contributed by atoms with Crippen LogP contribution in [0.2, 0.25) is 0 Å². The molecule has 8 rings (SSSR count). The number of carbonyl (C=O) groups excluding carboxylic acids is 2. The number of rotatable bonds is 4. The van der Waals surface area contributed by atoms with Gasteiger partial charge in [0, 0.05) is 49.3 Å². The van der Waals surface area contributed by atoms with Gasteiger partial charge in [-0.3, -0.25) is 4.79 Å². The summed E-state index contributed by atoms with van der Waals surface area (Å²) in [6.07, 6.45) is 10.8. The molecule has 0 atom stereocenters. The smallest absolute Gasteiger partial charge is 0.343 e. The van der Waals surface area contributed by atoms with Crippen molar-refractivity contribution >= 4 is 28.6 Å². The minimum atomic E-state index is -0.710. The number of ether oxygens (including phenoxy) is 1. The number of nitrogens with zero attached hydrogens (tertiary/aromatic N) is 3. The van der Waals surface area contributed by atoms with E-state index in [9.17, 15) is 14.4 Å². The summed E-state index contributed by atoms with van der Waals surface area (Å²) in [7, 11) is 1.24. The standard InChI is InChI=1S/C29H35FN4O4/c1-38-27(36)22-16-34(20-2-3-20)24-12-25(23(30)11-21(24)26(22)35)32-4-6-33(7-5-32)28(37)31-29-13-17-8-18(14-29)10-19(9-17)15-29/h11-12,16-20H,2-10,13-15H2,1H3,(H,31,37). The zero-order chi connectivity index (χ0) is 26.2. The number of pyridine rings is 1. The van der Waals surface area contributed by atoms with Crippen molar-refractivity contribution in [3.8, 4) is 0 Å². The number of amides is 2. The molecule has 6 fully saturated rings. The van der Waals surface area contributed by atoms with Gasteiger partial charge in [-0.1, -0.05) is 0 Å². The number of esters is 1. The van der Waals surface area contributed by atoms with Crippen LogP contribution in [0, 0.1) is 23.6 Å². The lowest BCUT2D eigenvalue weighted by molar-refractivity contribution is -0.0157. The van der Waals surface area contributed by atoms with Crippen LogP contribution in [0.3, 0.4) is 0 Å². The van der Waals surface area contributed by atoms with Crippen LogP contribution in [-0.2, 0) is 4.74 Å². The number of halogens is 1. The molecule has 1 aliphatic heterocycles. The van der Waals surface area contributed by atoms with Crippen LogP contribution in [0.5, 0.6) is 0 Å². The predicted octanol–water partition coefficient (Wildman–Crippen LogP) is 4.06. The molecule has 2 amide bonds. The number of nitrogens with one attached hydrogen (secondary N) is 1. The van der Waals surface area contributed by atoms with E-state index in [1.54, 1.807) is 12.3 Å². The highest BCUT2D eigenvalue weighted by Crippen LogP contribution is 2.55. The Morgan fingerprint density at radius 3 is 2.21 bits per heavy atom. The Balaban J connectivity index is 1.09. The van der Waals surface area contributed by atoms with E-state index < -0.39 is 17.2 Å². The van der Waals surface area contributed by atoms with E-state index in [0.717, 1.165) is 49.9 Å². The van der Waals surface area contributed by atoms with Gasteiger partial charge in [-0.25, -0.2) is 14.0 Å². The van der Waals surface area contributed by atoms with Crippen molar-refractivity contribution < 1.29 is 18.7 Å². The van der Waals surface area contributed by atoms with E-state index in [1.807, 2.05) is 14.4 Å². The number of hydrogen-bond acceptors (Lipinski definition) is 5. The molecule has 38 heavy (non-hydrogen) atoms. The van der Waals surface area contributed by atoms with Crippen LogP contribution in [0.15, 0.2) is 23.1 Å². The van der Waals surface area contributed by atoms with Crippen molar-refractivity contribution in [1.29, 1.82) is 0 Å². The van der Waals surface area contributed by atoms with Gasteiger partial charge in [0.25, 0.3) is 0 Å². The van der Waals surface area contributed by atoms with Crippen molar-refractivity contribution in [2.75, 3.05) is 38.2 Å². The number of urea groups is 1. The van der Waals surface area contributed by atoms with Crippen LogP contribution >= 0.6 is 0 Å². The van der Waals surface area contributed by atoms with Gasteiger partial charge in [-0.2, -0.15) is 0 Å². The Labute approximate surface area is 221 Å². The molecule has 0 unspecified atom stereocenters. The number of anilines is 1. The molecule has 6 aliphatic rings. The topological polar surface area (TPSA) is 83.9 Å². The summed E-state index contributed by atoms with van der Waals surface area (Å²) in [5.41, 5.74) is 0.447. The highest BCUT2D eigenvalue weighted by molar-refractivity contribution is 5.94. The van der Waals surface area contributed by atoms with E-state index in [-0.39, 0.29) is 28.6 Å². The second kappa shape index (κ2) is 8.71. The SMILES string of the molecule is COC(=O)c1cn(C2CC2)c2cc(N3CCN(C(=O)NC45CC6CC(CC(C6)C4)C5)CC3)c(F)cc2c1=O. The van der Waals surface area contributed by atoms with Crippen molar-refractivity contribution in [3.05, 3.63) is 39.9 Å². The molecule has 1 aromatic heterocycles. The summed E-state index contributed by atoms with van der Waals surface area (Å²) < 4.78 is 22.1. The molecule has 4 bridgehead atoms. The summed E-state index contributed by atoms with van der Waals surface area (Å²) in [4.78, 5) is 42.3. The first-order chi connectivity index (χ1) is 18.3. The number of benzene rings is 1. The van der Waals surface area contributed by atoms with E-state index in [1.165, 1.54) is 32.4 Å². The van der Waals surface area contributed by atoms with Gasteiger partial charge in [-0.05, 0) is 81.3 Å². The quantitative estimate of drug-likeness (QED) is 0.613. The molecule has 9 heteroatoms. The zero-order valence-corrected chi connectivity index (χ0v) is 21.9. The minimum Gasteiger partial charge on any atom is -0.465 e. The lowest BCUT2D eigenvalue weighted by Gasteiger charge is -2.57. The first-order valence-electron chi connectivity index (χ1n) is 14.1. The van der Waals surface area contributed by atoms with Crippen LogP contribution in [0.25, 0.3) is 10.9 Å². The molecular formula is C29H35FN4O4. The summed E-state index contributed by atoms with van der Waals surface area (Å²) >= 11 is 0. The second-order valence-corrected chi connectivity index (χ2v) is 12.4. The number of carbonyl (C=O) groups is 2. The van der Waals surface area contributed by atoms with Gasteiger partial charge in [-0.15, -0.1) is 0 Å². The Kier molecular flexibility index (Phi) is 5.50. The lowest BCUT2D eigenvalue weighted by atomic mass is 9.53. The Morgan fingerprint density at radius 1 is 1.00 bits per heavy atom. The predicted molar refractivity (Wildman–Crippen MR) is 141 cm³/mol. The average Bonchev–Trinajstić information content (AvgIpc) is 3.73. The van der Waals surface area contributed by atoms with E-state index in [2.05, 4.69) is 5.32 Å². The number of hydrogen-bond donors (Lipinski definition) is 1. The largest absolute Gasteiger partial charge is 0.465 e. The van der Waals surface area contributed by atoms with Gasteiger partial charge in [0.15, 0.2) is 0 Å². The van der Waals surface area contributed by atoms with Crippen LogP contribution < -0.4 is 15.6 Å². The maximum atomic E-state index is 15.4. The third-order valence-corrected chi connectivity index (χ3v) is 9.76. The highest BCUT2D eigenvalue weighted by Gasteiger charge is 2.52. The van der Waals surface area contributed by atoms with Crippen molar-refractivity contribution in [3.63, 3.8) is 0 Å². The first-order valence-corrected chi connectivity index (χ1v) is 14.1. The molecule has 5 saturated carbocycles. The van der Waals surface area contributed by atoms with Gasteiger partial charge >= 0.3 is 12.0 Å². The molecule has 0 spiro atoms. The molecule has 5 aliphatic carbocycles. The third kappa shape index (κ3) is 3.96. The van der Waals surface area contributed by atoms with Crippen LogP contribution in [-0.4, -0.2) is 60.3 Å². The molecule has 0 radical (unpaired) electrons. The van der Waals surface area contributed by atoms with Gasteiger partial charge in [0.05, 0.1) is 18.3 Å². The number of fused-ring (bicyclic) bond motifs is 1. The van der Waals surface area contributed by atoms with Crippen molar-refractivity contribution in [2.24, 2.45) is 17.8 Å². The highest BCUT2D eigenvalue weighted by atomic mass is 19.1. The maximum Gasteiger partial charge on any atom is 0.343 e. The Bertz CT molecular complexity index is 1340. The van der Waals surface area contributed by atoms with Crippen LogP contribution in [0.1, 0.15) is 67.8 Å². The molecular weight excluding hydrogens is 487 g/mol. The fraction of sp³-hybridized carbons (Fsp3) is 0.621. The van der Waals surface area contributed by atoms with Gasteiger partial charge in [0.2, 0.25) is 5.43 Å². The van der Waals surface area contributed by atoms with Gasteiger partial charge in [0.1, 0.15) is 11.4 Å². The molecule has 1 aromatic carbocycles. The fourth-order valence-electron chi connectivity index (χ4n) is 8.23. The molecule has 202 valence electrons. The monoisotopic (exact) mass is 522 g/mol. The zero-order valence-electron chi connectivity index (χ0n) is 21.9. The normalized spacial score (nSPS) is 30.1. The average molecular weight is 523 g/mol. The Hall–Kier alpha value is -3.10. The van der Waals surface area contributed by atoms with E-state index >= 15 is 4.39 Å². The molecule has 1 N–H and O–H groups in total. The van der Waals surface area contributed by atoms with Crippen LogP contribution in [0.4, 0.5) is 14.9 Å². The second-order valence-electron chi connectivity index (χ2n) is 12.4. The Morgan fingerprint density at radius 2 is 1.63 bits per heavy atom. The van der Waals surface area contributed by atoms with E-state index in [4.69, 9.17) is 4.74 Å². The maximum absolute atomic E-state index is 15.4. The minimum absolute atomic E-state index is 0.0171. The number of aromatic nitrogens is 1. The summed E-state index contributed by atoms with van der Waals surface area (Å²) in [5, 5.41) is 3.64. The molecule has 2 heterocycles. The summed E-state index contributed by atoms with van der Waals surface area (Å²) in [6, 6.07) is 3.19. The molecule has 1 saturated heterocycles. The first kappa shape index (κ1) is 24.0. The molecule has 8 nitrogen and oxygen atoms in total.